The number of carbonyl (C=O) groups is 2. The Balaban J connectivity index is 1.88. The summed E-state index contributed by atoms with van der Waals surface area (Å²) in [5.41, 5.74) is 0.229. The van der Waals surface area contributed by atoms with Crippen LogP contribution in [0.3, 0.4) is 0 Å². The maximum absolute atomic E-state index is 11.9. The molecule has 0 aromatic rings. The van der Waals surface area contributed by atoms with E-state index in [1.54, 1.807) is 6.92 Å². The van der Waals surface area contributed by atoms with E-state index >= 15 is 0 Å². The van der Waals surface area contributed by atoms with Gasteiger partial charge in [0.1, 0.15) is 11.6 Å². The molecule has 3 fully saturated rings. The lowest BCUT2D eigenvalue weighted by Crippen LogP contribution is -2.47. The zero-order chi connectivity index (χ0) is 13.8. The van der Waals surface area contributed by atoms with Gasteiger partial charge in [0.2, 0.25) is 0 Å². The number of ketones is 2. The Morgan fingerprint density at radius 3 is 2.58 bits per heavy atom. The first-order valence-corrected chi connectivity index (χ1v) is 7.98. The molecular weight excluding hydrogens is 236 g/mol. The Labute approximate surface area is 116 Å². The molecule has 0 saturated heterocycles. The van der Waals surface area contributed by atoms with Gasteiger partial charge in [0.15, 0.2) is 0 Å². The van der Waals surface area contributed by atoms with Crippen molar-refractivity contribution in [3.8, 4) is 0 Å². The SMILES string of the molecule is CC(=O)[C@H]1CC[C@H]2[C@@H]3CCC(=O)[C@H](C)[C@H]3CC[C@]12C. The third kappa shape index (κ3) is 1.82. The second-order valence-corrected chi connectivity index (χ2v) is 7.51. The van der Waals surface area contributed by atoms with Crippen LogP contribution in [-0.4, -0.2) is 11.6 Å². The van der Waals surface area contributed by atoms with Gasteiger partial charge >= 0.3 is 0 Å². The highest BCUT2D eigenvalue weighted by Gasteiger charge is 2.56. The minimum Gasteiger partial charge on any atom is -0.300 e. The smallest absolute Gasteiger partial charge is 0.135 e. The minimum absolute atomic E-state index is 0.229. The van der Waals surface area contributed by atoms with Gasteiger partial charge in [-0.2, -0.15) is 0 Å². The fourth-order valence-electron chi connectivity index (χ4n) is 5.80. The fraction of sp³-hybridized carbons (Fsp3) is 0.882. The van der Waals surface area contributed by atoms with Crippen LogP contribution in [0.1, 0.15) is 59.3 Å². The monoisotopic (exact) mass is 262 g/mol. The highest BCUT2D eigenvalue weighted by atomic mass is 16.1. The molecule has 3 aliphatic rings. The predicted octanol–water partition coefficient (Wildman–Crippen LogP) is 3.63. The van der Waals surface area contributed by atoms with Gasteiger partial charge in [0.05, 0.1) is 0 Å². The van der Waals surface area contributed by atoms with E-state index in [9.17, 15) is 9.59 Å². The van der Waals surface area contributed by atoms with E-state index in [4.69, 9.17) is 0 Å². The van der Waals surface area contributed by atoms with Crippen LogP contribution in [0.15, 0.2) is 0 Å². The molecule has 0 aromatic carbocycles. The third-order valence-electron chi connectivity index (χ3n) is 6.86. The summed E-state index contributed by atoms with van der Waals surface area (Å²) >= 11 is 0. The normalized spacial score (nSPS) is 49.6. The van der Waals surface area contributed by atoms with E-state index in [0.29, 0.717) is 29.3 Å². The van der Waals surface area contributed by atoms with Crippen molar-refractivity contribution in [3.63, 3.8) is 0 Å². The minimum atomic E-state index is 0.229. The summed E-state index contributed by atoms with van der Waals surface area (Å²) in [5, 5.41) is 0. The second-order valence-electron chi connectivity index (χ2n) is 7.51. The van der Waals surface area contributed by atoms with Gasteiger partial charge in [-0.3, -0.25) is 9.59 Å². The fourth-order valence-corrected chi connectivity index (χ4v) is 5.80. The van der Waals surface area contributed by atoms with Crippen LogP contribution < -0.4 is 0 Å². The summed E-state index contributed by atoms with van der Waals surface area (Å²) in [7, 11) is 0. The van der Waals surface area contributed by atoms with Crippen molar-refractivity contribution in [1.29, 1.82) is 0 Å². The van der Waals surface area contributed by atoms with Crippen LogP contribution in [0, 0.1) is 35.0 Å². The van der Waals surface area contributed by atoms with Crippen molar-refractivity contribution in [3.05, 3.63) is 0 Å². The van der Waals surface area contributed by atoms with Crippen molar-refractivity contribution in [2.24, 2.45) is 35.0 Å². The first-order chi connectivity index (χ1) is 8.95. The summed E-state index contributed by atoms with van der Waals surface area (Å²) in [6.07, 6.45) is 6.47. The van der Waals surface area contributed by atoms with Crippen molar-refractivity contribution >= 4 is 11.6 Å². The van der Waals surface area contributed by atoms with E-state index in [1.165, 1.54) is 6.42 Å². The number of rotatable bonds is 1. The molecule has 0 amide bonds. The largest absolute Gasteiger partial charge is 0.300 e. The molecule has 2 heteroatoms. The molecule has 106 valence electrons. The Bertz CT molecular complexity index is 413. The van der Waals surface area contributed by atoms with Gasteiger partial charge in [0.25, 0.3) is 0 Å². The molecule has 0 heterocycles. The Morgan fingerprint density at radius 2 is 1.89 bits per heavy atom. The Hall–Kier alpha value is -0.660. The van der Waals surface area contributed by atoms with E-state index in [1.807, 2.05) is 0 Å². The van der Waals surface area contributed by atoms with Gasteiger partial charge in [-0.1, -0.05) is 13.8 Å². The highest BCUT2D eigenvalue weighted by molar-refractivity contribution is 5.82. The third-order valence-corrected chi connectivity index (χ3v) is 6.86. The maximum Gasteiger partial charge on any atom is 0.135 e. The molecule has 3 rings (SSSR count). The van der Waals surface area contributed by atoms with E-state index < -0.39 is 0 Å². The van der Waals surface area contributed by atoms with Gasteiger partial charge in [-0.05, 0) is 62.2 Å². The molecule has 0 aliphatic heterocycles. The molecule has 0 unspecified atom stereocenters. The number of hydrogen-bond donors (Lipinski definition) is 0. The number of hydrogen-bond acceptors (Lipinski definition) is 2. The van der Waals surface area contributed by atoms with Crippen LogP contribution in [-0.2, 0) is 9.59 Å². The second kappa shape index (κ2) is 4.43. The summed E-state index contributed by atoms with van der Waals surface area (Å²) in [6.45, 7) is 6.27. The van der Waals surface area contributed by atoms with Crippen molar-refractivity contribution in [1.82, 2.24) is 0 Å². The molecule has 6 atom stereocenters. The Morgan fingerprint density at radius 1 is 1.16 bits per heavy atom. The average Bonchev–Trinajstić information content (AvgIpc) is 2.71. The molecule has 0 bridgehead atoms. The molecule has 0 N–H and O–H groups in total. The highest BCUT2D eigenvalue weighted by Crippen LogP contribution is 2.62. The van der Waals surface area contributed by atoms with Gasteiger partial charge in [-0.25, -0.2) is 0 Å². The molecule has 0 aromatic heterocycles. The van der Waals surface area contributed by atoms with Crippen LogP contribution in [0.25, 0.3) is 0 Å². The summed E-state index contributed by atoms with van der Waals surface area (Å²) in [5.74, 6) is 3.41. The van der Waals surface area contributed by atoms with Gasteiger partial charge in [-0.15, -0.1) is 0 Å². The van der Waals surface area contributed by atoms with Crippen molar-refractivity contribution < 1.29 is 9.59 Å². The van der Waals surface area contributed by atoms with E-state index in [0.717, 1.165) is 32.1 Å². The van der Waals surface area contributed by atoms with E-state index in [2.05, 4.69) is 13.8 Å². The van der Waals surface area contributed by atoms with Crippen LogP contribution >= 0.6 is 0 Å². The standard InChI is InChI=1S/C17H26O2/c1-10-12-8-9-17(3)14(11(2)18)5-6-15(17)13(12)4-7-16(10)19/h10,12-15H,4-9H2,1-3H3/t10-,12-,13-,14-,15+,17-/m1/s1. The van der Waals surface area contributed by atoms with Crippen LogP contribution in [0.5, 0.6) is 0 Å². The molecule has 0 spiro atoms. The summed E-state index contributed by atoms with van der Waals surface area (Å²) in [4.78, 5) is 23.9. The quantitative estimate of drug-likeness (QED) is 0.723. The molecule has 19 heavy (non-hydrogen) atoms. The zero-order valence-electron chi connectivity index (χ0n) is 12.4. The lowest BCUT2D eigenvalue weighted by Gasteiger charge is -2.51. The number of fused-ring (bicyclic) bond motifs is 3. The summed E-state index contributed by atoms with van der Waals surface area (Å²) < 4.78 is 0. The molecule has 3 saturated carbocycles. The Kier molecular flexibility index (Phi) is 3.11. The van der Waals surface area contributed by atoms with Crippen LogP contribution in [0.4, 0.5) is 0 Å². The molecule has 2 nitrogen and oxygen atoms in total. The average molecular weight is 262 g/mol. The predicted molar refractivity (Wildman–Crippen MR) is 74.6 cm³/mol. The molecular formula is C17H26O2. The van der Waals surface area contributed by atoms with Gasteiger partial charge in [0, 0.05) is 18.3 Å². The lowest BCUT2D eigenvalue weighted by atomic mass is 9.53. The topological polar surface area (TPSA) is 34.1 Å². The van der Waals surface area contributed by atoms with Crippen molar-refractivity contribution in [2.75, 3.05) is 0 Å². The maximum atomic E-state index is 11.9. The zero-order valence-corrected chi connectivity index (χ0v) is 12.4. The van der Waals surface area contributed by atoms with Crippen LogP contribution in [0.2, 0.25) is 0 Å². The van der Waals surface area contributed by atoms with E-state index in [-0.39, 0.29) is 17.3 Å². The lowest BCUT2D eigenvalue weighted by molar-refractivity contribution is -0.135. The van der Waals surface area contributed by atoms with Crippen molar-refractivity contribution in [2.45, 2.75) is 59.3 Å². The summed E-state index contributed by atoms with van der Waals surface area (Å²) in [6, 6.07) is 0. The molecule has 3 aliphatic carbocycles. The number of carbonyl (C=O) groups excluding carboxylic acids is 2. The number of Topliss-reactive ketones (excluding diaryl/α,β-unsaturated/α-hetero) is 2. The first kappa shape index (κ1) is 13.3. The molecule has 0 radical (unpaired) electrons. The first-order valence-electron chi connectivity index (χ1n) is 7.98. The van der Waals surface area contributed by atoms with Gasteiger partial charge < -0.3 is 0 Å².